The summed E-state index contributed by atoms with van der Waals surface area (Å²) in [6.07, 6.45) is -6.01. The van der Waals surface area contributed by atoms with Crippen molar-refractivity contribution in [1.82, 2.24) is 5.32 Å². The van der Waals surface area contributed by atoms with Gasteiger partial charge in [0.2, 0.25) is 0 Å². The van der Waals surface area contributed by atoms with Crippen LogP contribution in [0.5, 0.6) is 0 Å². The van der Waals surface area contributed by atoms with Gasteiger partial charge >= 0.3 is 6.18 Å². The number of amides is 1. The lowest BCUT2D eigenvalue weighted by Gasteiger charge is -2.23. The zero-order valence-corrected chi connectivity index (χ0v) is 12.9. The first-order chi connectivity index (χ1) is 11.3. The number of nitrogens with two attached hydrogens (primary N) is 1. The Morgan fingerprint density at radius 1 is 1.54 bits per heavy atom. The highest BCUT2D eigenvalue weighted by molar-refractivity contribution is 5.82. The highest BCUT2D eigenvalue weighted by atomic mass is 19.4. The Kier molecular flexibility index (Phi) is 5.31. The number of hydrogen-bond acceptors (Lipinski definition) is 5. The van der Waals surface area contributed by atoms with E-state index in [1.54, 1.807) is 11.8 Å². The van der Waals surface area contributed by atoms with Gasteiger partial charge in [-0.3, -0.25) is 4.79 Å². The summed E-state index contributed by atoms with van der Waals surface area (Å²) in [6, 6.07) is 4.97. The van der Waals surface area contributed by atoms with Gasteiger partial charge in [0, 0.05) is 18.8 Å². The van der Waals surface area contributed by atoms with Gasteiger partial charge in [-0.15, -0.1) is 0 Å². The molecular formula is C15H17F3N4O2. The van der Waals surface area contributed by atoms with Crippen LogP contribution in [0.3, 0.4) is 0 Å². The summed E-state index contributed by atoms with van der Waals surface area (Å²) in [5, 5.41) is 11.4. The molecule has 6 nitrogen and oxygen atoms in total. The molecule has 0 spiro atoms. The Morgan fingerprint density at radius 2 is 2.25 bits per heavy atom. The van der Waals surface area contributed by atoms with Crippen molar-refractivity contribution in [2.75, 3.05) is 24.5 Å². The Bertz CT molecular complexity index is 657. The Hall–Kier alpha value is -2.31. The third-order valence-electron chi connectivity index (χ3n) is 3.66. The van der Waals surface area contributed by atoms with Crippen molar-refractivity contribution in [3.8, 4) is 6.07 Å². The topological polar surface area (TPSA) is 91.4 Å². The quantitative estimate of drug-likeness (QED) is 0.858. The van der Waals surface area contributed by atoms with Gasteiger partial charge in [-0.2, -0.15) is 18.4 Å². The molecule has 2 atom stereocenters. The molecule has 0 bridgehead atoms. The molecule has 1 amide bonds. The van der Waals surface area contributed by atoms with E-state index < -0.39 is 29.6 Å². The summed E-state index contributed by atoms with van der Waals surface area (Å²) >= 11 is 0. The molecule has 9 heteroatoms. The number of ether oxygens (including phenoxy) is 1. The molecule has 1 fully saturated rings. The third-order valence-corrected chi connectivity index (χ3v) is 3.66. The molecule has 1 heterocycles. The molecule has 1 saturated heterocycles. The molecule has 0 aliphatic carbocycles. The van der Waals surface area contributed by atoms with Crippen molar-refractivity contribution < 1.29 is 22.7 Å². The van der Waals surface area contributed by atoms with Crippen molar-refractivity contribution in [1.29, 1.82) is 5.26 Å². The summed E-state index contributed by atoms with van der Waals surface area (Å²) in [4.78, 5) is 13.5. The molecule has 3 N–H and O–H groups in total. The lowest BCUT2D eigenvalue weighted by molar-refractivity contribution is -0.137. The molecule has 0 saturated carbocycles. The van der Waals surface area contributed by atoms with Crippen molar-refractivity contribution >= 4 is 11.6 Å². The van der Waals surface area contributed by atoms with Gasteiger partial charge in [-0.1, -0.05) is 0 Å². The van der Waals surface area contributed by atoms with E-state index in [4.69, 9.17) is 15.7 Å². The maximum Gasteiger partial charge on any atom is 0.417 e. The summed E-state index contributed by atoms with van der Waals surface area (Å²) in [6.45, 7) is 2.33. The molecule has 130 valence electrons. The van der Waals surface area contributed by atoms with Gasteiger partial charge in [0.25, 0.3) is 5.91 Å². The van der Waals surface area contributed by atoms with Gasteiger partial charge in [0.05, 0.1) is 23.7 Å². The zero-order valence-electron chi connectivity index (χ0n) is 12.9. The summed E-state index contributed by atoms with van der Waals surface area (Å²) in [5.74, 6) is -0.362. The number of carbonyl (C=O) groups excluding carboxylic acids is 1. The Balaban J connectivity index is 2.23. The number of hydrogen-bond donors (Lipinski definition) is 2. The van der Waals surface area contributed by atoms with Crippen LogP contribution in [0.15, 0.2) is 18.2 Å². The van der Waals surface area contributed by atoms with Crippen LogP contribution in [0.2, 0.25) is 0 Å². The zero-order chi connectivity index (χ0) is 17.9. The van der Waals surface area contributed by atoms with Crippen LogP contribution in [0.4, 0.5) is 18.9 Å². The first kappa shape index (κ1) is 18.0. The minimum atomic E-state index is -4.64. The van der Waals surface area contributed by atoms with Crippen LogP contribution in [0.1, 0.15) is 18.1 Å². The van der Waals surface area contributed by atoms with Crippen LogP contribution in [-0.2, 0) is 15.7 Å². The number of nitriles is 1. The molecular weight excluding hydrogens is 325 g/mol. The Labute approximate surface area is 137 Å². The van der Waals surface area contributed by atoms with E-state index in [9.17, 15) is 18.0 Å². The van der Waals surface area contributed by atoms with Gasteiger partial charge in [-0.05, 0) is 25.1 Å². The standard InChI is InChI=1S/C15H17F3N4O2/c1-9-22(8-13(24-9)14(23)21-5-4-19)11-3-2-10(7-20)12(6-11)15(16,17)18/h2-3,6,9,13H,4-5,8,19H2,1H3,(H,21,23)/t9-,13+/m1/s1. The second kappa shape index (κ2) is 7.07. The van der Waals surface area contributed by atoms with E-state index in [1.165, 1.54) is 12.1 Å². The van der Waals surface area contributed by atoms with E-state index in [1.807, 2.05) is 0 Å². The van der Waals surface area contributed by atoms with E-state index in [0.717, 1.165) is 12.1 Å². The minimum Gasteiger partial charge on any atom is -0.353 e. The van der Waals surface area contributed by atoms with E-state index in [2.05, 4.69) is 5.32 Å². The average molecular weight is 342 g/mol. The SMILES string of the molecule is C[C@H]1O[C@H](C(=O)NCCN)CN1c1ccc(C#N)c(C(F)(F)F)c1. The summed E-state index contributed by atoms with van der Waals surface area (Å²) < 4.78 is 44.7. The van der Waals surface area contributed by atoms with E-state index >= 15 is 0 Å². The molecule has 2 rings (SSSR count). The predicted octanol–water partition coefficient (Wildman–Crippen LogP) is 1.20. The van der Waals surface area contributed by atoms with E-state index in [-0.39, 0.29) is 24.7 Å². The normalized spacial score (nSPS) is 20.8. The number of benzene rings is 1. The number of halogens is 3. The average Bonchev–Trinajstić information content (AvgIpc) is 2.93. The van der Waals surface area contributed by atoms with Crippen molar-refractivity contribution in [3.05, 3.63) is 29.3 Å². The fourth-order valence-electron chi connectivity index (χ4n) is 2.49. The fraction of sp³-hybridized carbons (Fsp3) is 0.467. The number of nitrogens with zero attached hydrogens (tertiary/aromatic N) is 2. The second-order valence-electron chi connectivity index (χ2n) is 5.30. The number of anilines is 1. The molecule has 1 aromatic rings. The highest BCUT2D eigenvalue weighted by Crippen LogP contribution is 2.35. The summed E-state index contributed by atoms with van der Waals surface area (Å²) in [7, 11) is 0. The van der Waals surface area contributed by atoms with Gasteiger partial charge in [0.1, 0.15) is 6.23 Å². The monoisotopic (exact) mass is 342 g/mol. The molecule has 0 aromatic heterocycles. The number of rotatable bonds is 4. The van der Waals surface area contributed by atoms with Crippen LogP contribution in [0.25, 0.3) is 0 Å². The fourth-order valence-corrected chi connectivity index (χ4v) is 2.49. The highest BCUT2D eigenvalue weighted by Gasteiger charge is 2.37. The van der Waals surface area contributed by atoms with Gasteiger partial charge < -0.3 is 20.7 Å². The van der Waals surface area contributed by atoms with Gasteiger partial charge in [-0.25, -0.2) is 0 Å². The minimum absolute atomic E-state index is 0.112. The third kappa shape index (κ3) is 3.77. The van der Waals surface area contributed by atoms with Crippen LogP contribution in [-0.4, -0.2) is 37.9 Å². The first-order valence-corrected chi connectivity index (χ1v) is 7.29. The smallest absolute Gasteiger partial charge is 0.353 e. The molecule has 1 aliphatic rings. The second-order valence-corrected chi connectivity index (χ2v) is 5.30. The molecule has 1 aromatic carbocycles. The lowest BCUT2D eigenvalue weighted by Crippen LogP contribution is -2.39. The molecule has 24 heavy (non-hydrogen) atoms. The molecule has 1 aliphatic heterocycles. The van der Waals surface area contributed by atoms with Gasteiger partial charge in [0.15, 0.2) is 6.10 Å². The predicted molar refractivity (Wildman–Crippen MR) is 79.9 cm³/mol. The van der Waals surface area contributed by atoms with Crippen molar-refractivity contribution in [3.63, 3.8) is 0 Å². The van der Waals surface area contributed by atoms with Crippen molar-refractivity contribution in [2.24, 2.45) is 5.73 Å². The number of carbonyl (C=O) groups is 1. The summed E-state index contributed by atoms with van der Waals surface area (Å²) in [5.41, 5.74) is 4.09. The maximum atomic E-state index is 13.1. The lowest BCUT2D eigenvalue weighted by atomic mass is 10.1. The van der Waals surface area contributed by atoms with Crippen molar-refractivity contribution in [2.45, 2.75) is 25.4 Å². The Morgan fingerprint density at radius 3 is 2.83 bits per heavy atom. The molecule has 0 radical (unpaired) electrons. The number of alkyl halides is 3. The molecule has 0 unspecified atom stereocenters. The maximum absolute atomic E-state index is 13.1. The number of nitrogens with one attached hydrogen (secondary N) is 1. The largest absolute Gasteiger partial charge is 0.417 e. The van der Waals surface area contributed by atoms with Crippen LogP contribution >= 0.6 is 0 Å². The van der Waals surface area contributed by atoms with E-state index in [0.29, 0.717) is 6.54 Å². The first-order valence-electron chi connectivity index (χ1n) is 7.29. The van der Waals surface area contributed by atoms with Crippen LogP contribution in [0, 0.1) is 11.3 Å². The van der Waals surface area contributed by atoms with Crippen LogP contribution < -0.4 is 16.0 Å².